The molecule has 11 heteroatoms. The summed E-state index contributed by atoms with van der Waals surface area (Å²) in [6, 6.07) is 19.6. The summed E-state index contributed by atoms with van der Waals surface area (Å²) in [5.74, 6) is -1.18. The molecule has 0 fully saturated rings. The number of aromatic nitrogens is 3. The van der Waals surface area contributed by atoms with E-state index in [2.05, 4.69) is 20.3 Å². The summed E-state index contributed by atoms with van der Waals surface area (Å²) >= 11 is 0. The largest absolute Gasteiger partial charge is 0.489 e. The van der Waals surface area contributed by atoms with Crippen molar-refractivity contribution in [3.8, 4) is 28.8 Å². The summed E-state index contributed by atoms with van der Waals surface area (Å²) in [7, 11) is 2.96. The molecule has 1 amide bonds. The first-order valence-electron chi connectivity index (χ1n) is 12.4. The molecule has 5 rings (SSSR count). The van der Waals surface area contributed by atoms with Gasteiger partial charge in [-0.2, -0.15) is 4.98 Å². The van der Waals surface area contributed by atoms with Crippen LogP contribution in [-0.4, -0.2) is 46.2 Å². The van der Waals surface area contributed by atoms with E-state index in [1.54, 1.807) is 30.5 Å². The fourth-order valence-corrected chi connectivity index (χ4v) is 4.25. The third kappa shape index (κ3) is 5.83. The van der Waals surface area contributed by atoms with Crippen LogP contribution in [0.2, 0.25) is 0 Å². The van der Waals surface area contributed by atoms with Crippen LogP contribution < -0.4 is 25.3 Å². The molecule has 4 N–H and O–H groups in total. The van der Waals surface area contributed by atoms with Crippen LogP contribution in [-0.2, 0) is 6.61 Å². The number of nitrogens with one attached hydrogen (secondary N) is 1. The lowest BCUT2D eigenvalue weighted by Gasteiger charge is -2.16. The monoisotopic (exact) mass is 551 g/mol. The molecule has 0 bridgehead atoms. The number of nitrogens with two attached hydrogens (primary N) is 1. The highest BCUT2D eigenvalue weighted by Gasteiger charge is 2.18. The van der Waals surface area contributed by atoms with Crippen LogP contribution in [0.3, 0.4) is 0 Å². The fraction of sp³-hybridized carbons (Fsp3) is 0.100. The average Bonchev–Trinajstić information content (AvgIpc) is 2.99. The van der Waals surface area contributed by atoms with Crippen LogP contribution >= 0.6 is 0 Å². The molecule has 0 radical (unpaired) electrons. The van der Waals surface area contributed by atoms with Gasteiger partial charge in [-0.25, -0.2) is 9.78 Å². The van der Waals surface area contributed by atoms with Crippen molar-refractivity contribution < 1.29 is 28.9 Å². The summed E-state index contributed by atoms with van der Waals surface area (Å²) in [6.07, 6.45) is 2.95. The number of carboxylic acid groups (broad SMARTS) is 1. The van der Waals surface area contributed by atoms with Crippen LogP contribution in [0.1, 0.15) is 26.3 Å². The second-order valence-electron chi connectivity index (χ2n) is 8.87. The summed E-state index contributed by atoms with van der Waals surface area (Å²) in [4.78, 5) is 37.1. The number of rotatable bonds is 10. The van der Waals surface area contributed by atoms with Crippen molar-refractivity contribution in [2.45, 2.75) is 6.61 Å². The molecule has 0 atom stereocenters. The van der Waals surface area contributed by atoms with Crippen LogP contribution in [0.15, 0.2) is 79.1 Å². The standard InChI is InChI=1S/C30H25N5O6/c1-39-28-23(14-33-30(35-28)40-2)18-8-9-22-25(12-18)32-15-24(27(31)36)26(22)34-20-10-19(29(37)38)11-21(13-20)41-16-17-6-4-3-5-7-17/h3-15H,16H2,1-2H3,(H2,31,36)(H,32,34)(H,37,38). The number of carboxylic acids is 1. The lowest BCUT2D eigenvalue weighted by atomic mass is 10.0. The maximum absolute atomic E-state index is 12.4. The Morgan fingerprint density at radius 3 is 2.46 bits per heavy atom. The number of hydrogen-bond donors (Lipinski definition) is 3. The first-order valence-corrected chi connectivity index (χ1v) is 12.4. The van der Waals surface area contributed by atoms with Gasteiger partial charge >= 0.3 is 12.0 Å². The van der Waals surface area contributed by atoms with Gasteiger partial charge in [-0.15, -0.1) is 0 Å². The van der Waals surface area contributed by atoms with E-state index in [9.17, 15) is 14.7 Å². The van der Waals surface area contributed by atoms with Gasteiger partial charge in [0, 0.05) is 29.5 Å². The second kappa shape index (κ2) is 11.6. The zero-order valence-electron chi connectivity index (χ0n) is 22.1. The average molecular weight is 552 g/mol. The SMILES string of the molecule is COc1ncc(-c2ccc3c(Nc4cc(OCc5ccccc5)cc(C(=O)O)c4)c(C(N)=O)cnc3c2)c(OC)n1. The smallest absolute Gasteiger partial charge is 0.335 e. The zero-order chi connectivity index (χ0) is 28.9. The predicted octanol–water partition coefficient (Wildman–Crippen LogP) is 4.83. The Bertz CT molecular complexity index is 1760. The lowest BCUT2D eigenvalue weighted by molar-refractivity contribution is 0.0696. The van der Waals surface area contributed by atoms with E-state index in [4.69, 9.17) is 19.9 Å². The molecule has 41 heavy (non-hydrogen) atoms. The number of nitrogens with zero attached hydrogens (tertiary/aromatic N) is 3. The molecule has 0 saturated heterocycles. The minimum Gasteiger partial charge on any atom is -0.489 e. The van der Waals surface area contributed by atoms with Crippen LogP contribution in [0.4, 0.5) is 11.4 Å². The van der Waals surface area contributed by atoms with Gasteiger partial charge in [0.1, 0.15) is 12.4 Å². The zero-order valence-corrected chi connectivity index (χ0v) is 22.1. The Hall–Kier alpha value is -5.71. The number of carbonyl (C=O) groups is 2. The Balaban J connectivity index is 1.55. The van der Waals surface area contributed by atoms with E-state index in [1.165, 1.54) is 32.5 Å². The molecule has 2 aromatic heterocycles. The number of benzene rings is 3. The van der Waals surface area contributed by atoms with Crippen LogP contribution in [0.25, 0.3) is 22.0 Å². The maximum atomic E-state index is 12.4. The lowest BCUT2D eigenvalue weighted by Crippen LogP contribution is -2.14. The Morgan fingerprint density at radius 2 is 1.76 bits per heavy atom. The second-order valence-corrected chi connectivity index (χ2v) is 8.87. The minimum absolute atomic E-state index is 0.00550. The number of carbonyl (C=O) groups excluding carboxylic acids is 1. The fourth-order valence-electron chi connectivity index (χ4n) is 4.25. The van der Waals surface area contributed by atoms with Crippen molar-refractivity contribution in [2.75, 3.05) is 19.5 Å². The van der Waals surface area contributed by atoms with Gasteiger partial charge in [0.15, 0.2) is 0 Å². The number of methoxy groups -OCH3 is 2. The first kappa shape index (κ1) is 26.9. The van der Waals surface area contributed by atoms with E-state index in [1.807, 2.05) is 30.3 Å². The third-order valence-electron chi connectivity index (χ3n) is 6.22. The van der Waals surface area contributed by atoms with E-state index < -0.39 is 11.9 Å². The van der Waals surface area contributed by atoms with E-state index >= 15 is 0 Å². The molecule has 5 aromatic rings. The highest BCUT2D eigenvalue weighted by atomic mass is 16.5. The quantitative estimate of drug-likeness (QED) is 0.219. The number of anilines is 2. The molecule has 0 saturated carbocycles. The molecule has 0 spiro atoms. The number of hydrogen-bond acceptors (Lipinski definition) is 9. The van der Waals surface area contributed by atoms with E-state index in [0.717, 1.165) is 5.56 Å². The van der Waals surface area contributed by atoms with Crippen molar-refractivity contribution in [1.82, 2.24) is 15.0 Å². The first-order chi connectivity index (χ1) is 19.9. The van der Waals surface area contributed by atoms with Gasteiger partial charge in [0.05, 0.1) is 42.1 Å². The van der Waals surface area contributed by atoms with E-state index in [-0.39, 0.29) is 23.7 Å². The van der Waals surface area contributed by atoms with Crippen molar-refractivity contribution in [1.29, 1.82) is 0 Å². The van der Waals surface area contributed by atoms with Gasteiger partial charge in [-0.3, -0.25) is 9.78 Å². The van der Waals surface area contributed by atoms with Gasteiger partial charge in [0.2, 0.25) is 5.88 Å². The molecule has 3 aromatic carbocycles. The summed E-state index contributed by atoms with van der Waals surface area (Å²) in [5.41, 5.74) is 9.35. The maximum Gasteiger partial charge on any atom is 0.335 e. The normalized spacial score (nSPS) is 10.7. The van der Waals surface area contributed by atoms with Gasteiger partial charge in [-0.05, 0) is 29.3 Å². The minimum atomic E-state index is -1.13. The number of ether oxygens (including phenoxy) is 3. The predicted molar refractivity (Wildman–Crippen MR) is 152 cm³/mol. The highest BCUT2D eigenvalue weighted by Crippen LogP contribution is 2.35. The molecule has 0 aliphatic heterocycles. The molecule has 0 aliphatic rings. The van der Waals surface area contributed by atoms with Crippen molar-refractivity contribution in [3.05, 3.63) is 95.8 Å². The molecule has 2 heterocycles. The third-order valence-corrected chi connectivity index (χ3v) is 6.22. The number of aromatic carboxylic acids is 1. The summed E-state index contributed by atoms with van der Waals surface area (Å²) in [6.45, 7) is 0.245. The highest BCUT2D eigenvalue weighted by molar-refractivity contribution is 6.08. The Labute approximate surface area is 234 Å². The Morgan fingerprint density at radius 1 is 0.951 bits per heavy atom. The van der Waals surface area contributed by atoms with Gasteiger partial charge in [-0.1, -0.05) is 42.5 Å². The number of pyridine rings is 1. The number of amides is 1. The molecular weight excluding hydrogens is 526 g/mol. The van der Waals surface area contributed by atoms with Crippen molar-refractivity contribution in [3.63, 3.8) is 0 Å². The summed E-state index contributed by atoms with van der Waals surface area (Å²) in [5, 5.41) is 13.5. The Kier molecular flexibility index (Phi) is 7.59. The molecule has 206 valence electrons. The van der Waals surface area contributed by atoms with Crippen LogP contribution in [0.5, 0.6) is 17.6 Å². The van der Waals surface area contributed by atoms with E-state index in [0.29, 0.717) is 45.0 Å². The topological polar surface area (TPSA) is 159 Å². The molecule has 0 unspecified atom stereocenters. The van der Waals surface area contributed by atoms with Crippen molar-refractivity contribution in [2.24, 2.45) is 5.73 Å². The number of primary amides is 1. The molecule has 0 aliphatic carbocycles. The molecular formula is C30H25N5O6. The van der Waals surface area contributed by atoms with Crippen molar-refractivity contribution >= 4 is 34.2 Å². The number of fused-ring (bicyclic) bond motifs is 1. The molecule has 11 nitrogen and oxygen atoms in total. The van der Waals surface area contributed by atoms with Gasteiger partial charge < -0.3 is 30.4 Å². The summed E-state index contributed by atoms with van der Waals surface area (Å²) < 4.78 is 16.4. The van der Waals surface area contributed by atoms with Gasteiger partial charge in [0.25, 0.3) is 5.91 Å². The van der Waals surface area contributed by atoms with Crippen LogP contribution in [0, 0.1) is 0 Å².